The number of benzene rings is 1. The average molecular weight is 299 g/mol. The van der Waals surface area contributed by atoms with Gasteiger partial charge in [0.05, 0.1) is 6.61 Å². The van der Waals surface area contributed by atoms with Crippen LogP contribution in [0.5, 0.6) is 5.75 Å². The molecule has 0 unspecified atom stereocenters. The quantitative estimate of drug-likeness (QED) is 0.616. The third kappa shape index (κ3) is 5.59. The number of rotatable bonds is 7. The molecular formula is C16H23F2NO2. The van der Waals surface area contributed by atoms with Crippen molar-refractivity contribution >= 4 is 0 Å². The van der Waals surface area contributed by atoms with E-state index in [-0.39, 0.29) is 18.1 Å². The van der Waals surface area contributed by atoms with Crippen molar-refractivity contribution in [1.29, 1.82) is 0 Å². The van der Waals surface area contributed by atoms with E-state index in [0.717, 1.165) is 12.8 Å². The van der Waals surface area contributed by atoms with Crippen LogP contribution in [-0.2, 0) is 11.3 Å². The van der Waals surface area contributed by atoms with Crippen LogP contribution in [0.15, 0.2) is 12.1 Å². The molecule has 1 aliphatic carbocycles. The van der Waals surface area contributed by atoms with Gasteiger partial charge in [0.15, 0.2) is 24.2 Å². The predicted octanol–water partition coefficient (Wildman–Crippen LogP) is 3.62. The van der Waals surface area contributed by atoms with Crippen LogP contribution in [0.4, 0.5) is 8.78 Å². The standard InChI is InChI=1S/C16H23F2NO2/c1-16(2,3)19-8-12-6-13(17)15(14(18)7-12)21-10-20-9-11-4-5-11/h6-7,11,19H,4-5,8-10H2,1-3H3. The minimum absolute atomic E-state index is 0.112. The summed E-state index contributed by atoms with van der Waals surface area (Å²) in [6.45, 7) is 6.85. The molecule has 1 aliphatic rings. The highest BCUT2D eigenvalue weighted by Gasteiger charge is 2.21. The number of nitrogens with one attached hydrogen (secondary N) is 1. The van der Waals surface area contributed by atoms with Gasteiger partial charge in [-0.15, -0.1) is 0 Å². The molecule has 0 heterocycles. The minimum atomic E-state index is -0.698. The van der Waals surface area contributed by atoms with Crippen molar-refractivity contribution in [2.24, 2.45) is 5.92 Å². The molecule has 1 N–H and O–H groups in total. The Balaban J connectivity index is 1.89. The maximum Gasteiger partial charge on any atom is 0.193 e. The smallest absolute Gasteiger partial charge is 0.193 e. The highest BCUT2D eigenvalue weighted by Crippen LogP contribution is 2.29. The fraction of sp³-hybridized carbons (Fsp3) is 0.625. The highest BCUT2D eigenvalue weighted by molar-refractivity contribution is 5.31. The second kappa shape index (κ2) is 6.71. The van der Waals surface area contributed by atoms with Gasteiger partial charge in [-0.3, -0.25) is 0 Å². The molecule has 1 aromatic rings. The number of hydrogen-bond donors (Lipinski definition) is 1. The molecule has 0 amide bonds. The summed E-state index contributed by atoms with van der Waals surface area (Å²) in [5.41, 5.74) is 0.435. The Morgan fingerprint density at radius 3 is 2.33 bits per heavy atom. The van der Waals surface area contributed by atoms with Gasteiger partial charge < -0.3 is 14.8 Å². The van der Waals surface area contributed by atoms with E-state index in [1.165, 1.54) is 12.1 Å². The molecule has 5 heteroatoms. The van der Waals surface area contributed by atoms with Gasteiger partial charge in [-0.05, 0) is 57.2 Å². The fourth-order valence-electron chi connectivity index (χ4n) is 1.82. The van der Waals surface area contributed by atoms with Crippen LogP contribution < -0.4 is 10.1 Å². The maximum atomic E-state index is 13.9. The van der Waals surface area contributed by atoms with Gasteiger partial charge in [-0.25, -0.2) is 8.78 Å². The van der Waals surface area contributed by atoms with Crippen molar-refractivity contribution in [1.82, 2.24) is 5.32 Å². The largest absolute Gasteiger partial charge is 0.461 e. The molecule has 0 spiro atoms. The summed E-state index contributed by atoms with van der Waals surface area (Å²) >= 11 is 0. The molecule has 2 rings (SSSR count). The molecule has 3 nitrogen and oxygen atoms in total. The van der Waals surface area contributed by atoms with Crippen molar-refractivity contribution in [3.63, 3.8) is 0 Å². The van der Waals surface area contributed by atoms with Crippen LogP contribution in [0.3, 0.4) is 0 Å². The van der Waals surface area contributed by atoms with Gasteiger partial charge in [0.25, 0.3) is 0 Å². The Morgan fingerprint density at radius 1 is 1.19 bits per heavy atom. The molecule has 0 aliphatic heterocycles. The Bertz CT molecular complexity index is 459. The van der Waals surface area contributed by atoms with E-state index in [4.69, 9.17) is 9.47 Å². The van der Waals surface area contributed by atoms with Crippen molar-refractivity contribution in [2.75, 3.05) is 13.4 Å². The molecule has 0 radical (unpaired) electrons. The van der Waals surface area contributed by atoms with E-state index in [1.807, 2.05) is 20.8 Å². The second-order valence-electron chi connectivity index (χ2n) is 6.57. The van der Waals surface area contributed by atoms with Gasteiger partial charge in [0.1, 0.15) is 0 Å². The average Bonchev–Trinajstić information content (AvgIpc) is 3.18. The zero-order valence-electron chi connectivity index (χ0n) is 12.8. The third-order valence-corrected chi connectivity index (χ3v) is 3.22. The molecule has 1 fully saturated rings. The molecular weight excluding hydrogens is 276 g/mol. The Kier molecular flexibility index (Phi) is 5.17. The van der Waals surface area contributed by atoms with Gasteiger partial charge in [-0.2, -0.15) is 0 Å². The molecule has 0 aromatic heterocycles. The zero-order chi connectivity index (χ0) is 15.5. The lowest BCUT2D eigenvalue weighted by molar-refractivity contribution is 0.00570. The van der Waals surface area contributed by atoms with Crippen LogP contribution in [0.2, 0.25) is 0 Å². The Labute approximate surface area is 124 Å². The van der Waals surface area contributed by atoms with Crippen LogP contribution in [0.1, 0.15) is 39.2 Å². The number of hydrogen-bond acceptors (Lipinski definition) is 3. The highest BCUT2D eigenvalue weighted by atomic mass is 19.1. The van der Waals surface area contributed by atoms with Crippen molar-refractivity contribution in [2.45, 2.75) is 45.7 Å². The summed E-state index contributed by atoms with van der Waals surface area (Å²) in [6.07, 6.45) is 2.33. The monoisotopic (exact) mass is 299 g/mol. The Hall–Kier alpha value is -1.20. The lowest BCUT2D eigenvalue weighted by Gasteiger charge is -2.20. The molecule has 21 heavy (non-hydrogen) atoms. The first-order chi connectivity index (χ1) is 9.85. The Morgan fingerprint density at radius 2 is 1.81 bits per heavy atom. The second-order valence-corrected chi connectivity index (χ2v) is 6.57. The SMILES string of the molecule is CC(C)(C)NCc1cc(F)c(OCOCC2CC2)c(F)c1. The summed E-state index contributed by atoms with van der Waals surface area (Å²) in [5, 5.41) is 3.18. The van der Waals surface area contributed by atoms with E-state index in [2.05, 4.69) is 5.32 Å². The van der Waals surface area contributed by atoms with Crippen molar-refractivity contribution < 1.29 is 18.3 Å². The van der Waals surface area contributed by atoms with Gasteiger partial charge in [0, 0.05) is 12.1 Å². The molecule has 118 valence electrons. The predicted molar refractivity (Wildman–Crippen MR) is 77.1 cm³/mol. The van der Waals surface area contributed by atoms with Gasteiger partial charge in [0.2, 0.25) is 0 Å². The summed E-state index contributed by atoms with van der Waals surface area (Å²) in [5.74, 6) is -1.18. The van der Waals surface area contributed by atoms with E-state index < -0.39 is 11.6 Å². The zero-order valence-corrected chi connectivity index (χ0v) is 12.8. The fourth-order valence-corrected chi connectivity index (χ4v) is 1.82. The first-order valence-electron chi connectivity index (χ1n) is 7.28. The normalized spacial score (nSPS) is 15.3. The van der Waals surface area contributed by atoms with Crippen LogP contribution in [0, 0.1) is 17.6 Å². The first-order valence-corrected chi connectivity index (χ1v) is 7.28. The topological polar surface area (TPSA) is 30.5 Å². The first kappa shape index (κ1) is 16.2. The number of halogens is 2. The van der Waals surface area contributed by atoms with E-state index in [0.29, 0.717) is 24.6 Å². The summed E-state index contributed by atoms with van der Waals surface area (Å²) < 4.78 is 38.0. The lowest BCUT2D eigenvalue weighted by Crippen LogP contribution is -2.35. The minimum Gasteiger partial charge on any atom is -0.461 e. The summed E-state index contributed by atoms with van der Waals surface area (Å²) in [7, 11) is 0. The third-order valence-electron chi connectivity index (χ3n) is 3.22. The molecule has 0 saturated heterocycles. The molecule has 1 aromatic carbocycles. The van der Waals surface area contributed by atoms with E-state index in [1.54, 1.807) is 0 Å². The van der Waals surface area contributed by atoms with E-state index >= 15 is 0 Å². The van der Waals surface area contributed by atoms with Crippen LogP contribution in [-0.4, -0.2) is 18.9 Å². The van der Waals surface area contributed by atoms with Crippen LogP contribution in [0.25, 0.3) is 0 Å². The van der Waals surface area contributed by atoms with Crippen LogP contribution >= 0.6 is 0 Å². The molecule has 0 atom stereocenters. The maximum absolute atomic E-state index is 13.9. The molecule has 1 saturated carbocycles. The van der Waals surface area contributed by atoms with Gasteiger partial charge in [-0.1, -0.05) is 0 Å². The van der Waals surface area contributed by atoms with Crippen molar-refractivity contribution in [3.05, 3.63) is 29.3 Å². The molecule has 0 bridgehead atoms. The number of ether oxygens (including phenoxy) is 2. The van der Waals surface area contributed by atoms with Crippen molar-refractivity contribution in [3.8, 4) is 5.75 Å². The lowest BCUT2D eigenvalue weighted by atomic mass is 10.1. The van der Waals surface area contributed by atoms with Gasteiger partial charge >= 0.3 is 0 Å². The summed E-state index contributed by atoms with van der Waals surface area (Å²) in [6, 6.07) is 2.58. The van der Waals surface area contributed by atoms with E-state index in [9.17, 15) is 8.78 Å². The summed E-state index contributed by atoms with van der Waals surface area (Å²) in [4.78, 5) is 0.